The molecule has 104 valence electrons. The number of rotatable bonds is 2. The van der Waals surface area contributed by atoms with Gasteiger partial charge in [0.25, 0.3) is 0 Å². The molecule has 0 saturated heterocycles. The largest absolute Gasteiger partial charge is 0.423 e. The van der Waals surface area contributed by atoms with Gasteiger partial charge in [0.15, 0.2) is 10.7 Å². The van der Waals surface area contributed by atoms with Crippen LogP contribution in [0.2, 0.25) is 0 Å². The standard InChI is InChI=1S/C15H12N4OS/c1-8-6-9(16)7-12-13(8)18-15(21-12)19-14-17-10-4-2-3-5-11(10)20-14/h2-7H,16H2,1H3,(H,17,18,19). The number of hydrogen-bond acceptors (Lipinski definition) is 6. The second-order valence-corrected chi connectivity index (χ2v) is 5.85. The Morgan fingerprint density at radius 2 is 2.05 bits per heavy atom. The Bertz CT molecular complexity index is 924. The van der Waals surface area contributed by atoms with Crippen molar-refractivity contribution in [3.05, 3.63) is 42.0 Å². The van der Waals surface area contributed by atoms with E-state index in [-0.39, 0.29) is 0 Å². The average molecular weight is 296 g/mol. The number of para-hydroxylation sites is 2. The number of benzene rings is 2. The molecule has 0 unspecified atom stereocenters. The Morgan fingerprint density at radius 1 is 1.19 bits per heavy atom. The van der Waals surface area contributed by atoms with Crippen LogP contribution in [-0.2, 0) is 0 Å². The monoisotopic (exact) mass is 296 g/mol. The van der Waals surface area contributed by atoms with Crippen LogP contribution in [0.3, 0.4) is 0 Å². The first kappa shape index (κ1) is 12.2. The van der Waals surface area contributed by atoms with Crippen LogP contribution in [-0.4, -0.2) is 9.97 Å². The maximum Gasteiger partial charge on any atom is 0.302 e. The van der Waals surface area contributed by atoms with E-state index in [4.69, 9.17) is 10.2 Å². The summed E-state index contributed by atoms with van der Waals surface area (Å²) in [6.45, 7) is 2.00. The summed E-state index contributed by atoms with van der Waals surface area (Å²) in [6.07, 6.45) is 0. The molecule has 0 aliphatic heterocycles. The molecule has 0 bridgehead atoms. The van der Waals surface area contributed by atoms with Gasteiger partial charge in [-0.25, -0.2) is 4.98 Å². The fraction of sp³-hybridized carbons (Fsp3) is 0.0667. The summed E-state index contributed by atoms with van der Waals surface area (Å²) in [7, 11) is 0. The molecule has 2 aromatic carbocycles. The molecule has 5 nitrogen and oxygen atoms in total. The van der Waals surface area contributed by atoms with E-state index in [1.54, 1.807) is 0 Å². The Kier molecular flexibility index (Phi) is 2.58. The number of aromatic nitrogens is 2. The van der Waals surface area contributed by atoms with Gasteiger partial charge in [-0.2, -0.15) is 4.98 Å². The first-order chi connectivity index (χ1) is 10.2. The van der Waals surface area contributed by atoms with E-state index >= 15 is 0 Å². The van der Waals surface area contributed by atoms with E-state index in [2.05, 4.69) is 15.3 Å². The number of oxazole rings is 1. The minimum atomic E-state index is 0.445. The van der Waals surface area contributed by atoms with Crippen molar-refractivity contribution in [1.82, 2.24) is 9.97 Å². The van der Waals surface area contributed by atoms with Gasteiger partial charge in [0.1, 0.15) is 5.52 Å². The second-order valence-electron chi connectivity index (χ2n) is 4.82. The number of hydrogen-bond donors (Lipinski definition) is 2. The van der Waals surface area contributed by atoms with Gasteiger partial charge in [0.05, 0.1) is 10.2 Å². The van der Waals surface area contributed by atoms with Crippen LogP contribution in [0.25, 0.3) is 21.3 Å². The van der Waals surface area contributed by atoms with Crippen molar-refractivity contribution >= 4 is 49.5 Å². The minimum absolute atomic E-state index is 0.445. The van der Waals surface area contributed by atoms with Crippen LogP contribution in [0.15, 0.2) is 40.8 Å². The van der Waals surface area contributed by atoms with Crippen molar-refractivity contribution in [2.45, 2.75) is 6.92 Å². The Balaban J connectivity index is 1.75. The normalized spacial score (nSPS) is 11.3. The summed E-state index contributed by atoms with van der Waals surface area (Å²) in [5.41, 5.74) is 10.2. The lowest BCUT2D eigenvalue weighted by Gasteiger charge is -1.96. The molecular formula is C15H12N4OS. The number of nitrogens with one attached hydrogen (secondary N) is 1. The average Bonchev–Trinajstić information content (AvgIpc) is 3.01. The molecule has 0 amide bonds. The topological polar surface area (TPSA) is 77.0 Å². The van der Waals surface area contributed by atoms with Gasteiger partial charge in [0.2, 0.25) is 0 Å². The highest BCUT2D eigenvalue weighted by Crippen LogP contribution is 2.32. The number of aryl methyl sites for hydroxylation is 1. The van der Waals surface area contributed by atoms with Gasteiger partial charge in [-0.05, 0) is 36.8 Å². The van der Waals surface area contributed by atoms with Crippen molar-refractivity contribution in [3.63, 3.8) is 0 Å². The highest BCUT2D eigenvalue weighted by Gasteiger charge is 2.10. The van der Waals surface area contributed by atoms with Crippen molar-refractivity contribution in [2.75, 3.05) is 11.1 Å². The van der Waals surface area contributed by atoms with Crippen LogP contribution >= 0.6 is 11.3 Å². The molecule has 2 heterocycles. The smallest absolute Gasteiger partial charge is 0.302 e. The van der Waals surface area contributed by atoms with Crippen LogP contribution in [0.5, 0.6) is 0 Å². The van der Waals surface area contributed by atoms with Gasteiger partial charge in [0, 0.05) is 5.69 Å². The van der Waals surface area contributed by atoms with Crippen LogP contribution in [0, 0.1) is 6.92 Å². The molecule has 0 atom stereocenters. The molecule has 0 aliphatic rings. The Hall–Kier alpha value is -2.60. The van der Waals surface area contributed by atoms with Gasteiger partial charge >= 0.3 is 6.01 Å². The number of thiazole rings is 1. The minimum Gasteiger partial charge on any atom is -0.423 e. The molecule has 6 heteroatoms. The number of nitrogens with zero attached hydrogens (tertiary/aromatic N) is 2. The quantitative estimate of drug-likeness (QED) is 0.545. The first-order valence-corrected chi connectivity index (χ1v) is 7.30. The second kappa shape index (κ2) is 4.46. The third-order valence-electron chi connectivity index (χ3n) is 3.22. The van der Waals surface area contributed by atoms with Gasteiger partial charge in [-0.1, -0.05) is 23.5 Å². The van der Waals surface area contributed by atoms with E-state index in [1.165, 1.54) is 11.3 Å². The molecular weight excluding hydrogens is 284 g/mol. The van der Waals surface area contributed by atoms with E-state index in [9.17, 15) is 0 Å². The predicted octanol–water partition coefficient (Wildman–Crippen LogP) is 4.07. The number of fused-ring (bicyclic) bond motifs is 2. The van der Waals surface area contributed by atoms with Gasteiger partial charge in [-0.15, -0.1) is 0 Å². The number of nitrogens with two attached hydrogens (primary N) is 1. The molecule has 0 aliphatic carbocycles. The summed E-state index contributed by atoms with van der Waals surface area (Å²) in [6, 6.07) is 11.9. The lowest BCUT2D eigenvalue weighted by molar-refractivity contribution is 0.623. The van der Waals surface area contributed by atoms with Crippen molar-refractivity contribution in [2.24, 2.45) is 0 Å². The SMILES string of the molecule is Cc1cc(N)cc2sc(Nc3nc4ccccc4o3)nc12. The van der Waals surface area contributed by atoms with Gasteiger partial charge in [-0.3, -0.25) is 5.32 Å². The van der Waals surface area contributed by atoms with Crippen LogP contribution < -0.4 is 11.1 Å². The maximum absolute atomic E-state index is 5.87. The molecule has 0 spiro atoms. The fourth-order valence-corrected chi connectivity index (χ4v) is 3.28. The van der Waals surface area contributed by atoms with E-state index in [1.807, 2.05) is 43.3 Å². The van der Waals surface area contributed by atoms with Crippen molar-refractivity contribution < 1.29 is 4.42 Å². The predicted molar refractivity (Wildman–Crippen MR) is 86.1 cm³/mol. The maximum atomic E-state index is 5.87. The molecule has 0 saturated carbocycles. The lowest BCUT2D eigenvalue weighted by Crippen LogP contribution is -1.89. The molecule has 21 heavy (non-hydrogen) atoms. The Labute approximate surface area is 124 Å². The molecule has 0 fully saturated rings. The summed E-state index contributed by atoms with van der Waals surface area (Å²) in [4.78, 5) is 8.95. The third-order valence-corrected chi connectivity index (χ3v) is 4.13. The summed E-state index contributed by atoms with van der Waals surface area (Å²) in [5, 5.41) is 3.86. The fourth-order valence-electron chi connectivity index (χ4n) is 2.29. The highest BCUT2D eigenvalue weighted by molar-refractivity contribution is 7.22. The number of nitrogen functional groups attached to an aromatic ring is 1. The third kappa shape index (κ3) is 2.09. The Morgan fingerprint density at radius 3 is 2.90 bits per heavy atom. The lowest BCUT2D eigenvalue weighted by atomic mass is 10.2. The van der Waals surface area contributed by atoms with Crippen molar-refractivity contribution in [1.29, 1.82) is 0 Å². The molecule has 4 aromatic rings. The molecule has 3 N–H and O–H groups in total. The molecule has 0 radical (unpaired) electrons. The zero-order valence-corrected chi connectivity index (χ0v) is 12.1. The first-order valence-electron chi connectivity index (χ1n) is 6.48. The summed E-state index contributed by atoms with van der Waals surface area (Å²) < 4.78 is 6.69. The van der Waals surface area contributed by atoms with E-state index in [0.717, 1.165) is 37.7 Å². The summed E-state index contributed by atoms with van der Waals surface area (Å²) >= 11 is 1.53. The van der Waals surface area contributed by atoms with Crippen molar-refractivity contribution in [3.8, 4) is 0 Å². The van der Waals surface area contributed by atoms with Crippen LogP contribution in [0.4, 0.5) is 16.8 Å². The molecule has 2 aromatic heterocycles. The summed E-state index contributed by atoms with van der Waals surface area (Å²) in [5.74, 6) is 0. The van der Waals surface area contributed by atoms with Gasteiger partial charge < -0.3 is 10.2 Å². The van der Waals surface area contributed by atoms with E-state index in [0.29, 0.717) is 6.01 Å². The zero-order valence-electron chi connectivity index (χ0n) is 11.3. The number of anilines is 3. The van der Waals surface area contributed by atoms with E-state index < -0.39 is 0 Å². The van der Waals surface area contributed by atoms with Crippen LogP contribution in [0.1, 0.15) is 5.56 Å². The zero-order chi connectivity index (χ0) is 14.4. The highest BCUT2D eigenvalue weighted by atomic mass is 32.1. The molecule has 4 rings (SSSR count).